The Morgan fingerprint density at radius 3 is 2.60 bits per heavy atom. The number of nitrogens with zero attached hydrogens (tertiary/aromatic N) is 2. The van der Waals surface area contributed by atoms with E-state index < -0.39 is 0 Å². The second kappa shape index (κ2) is 5.97. The molecule has 0 amide bonds. The van der Waals surface area contributed by atoms with Crippen LogP contribution in [0, 0.1) is 6.92 Å². The fourth-order valence-corrected chi connectivity index (χ4v) is 2.99. The molecule has 0 aliphatic carbocycles. The van der Waals surface area contributed by atoms with E-state index in [2.05, 4.69) is 53.9 Å². The number of aromatic nitrogens is 2. The van der Waals surface area contributed by atoms with Gasteiger partial charge in [0.05, 0.1) is 19.3 Å². The molecule has 1 aromatic heterocycles. The molecule has 0 aliphatic rings. The Hall–Kier alpha value is -1.33. The molecule has 1 unspecified atom stereocenters. The lowest BCUT2D eigenvalue weighted by Crippen LogP contribution is -2.20. The van der Waals surface area contributed by atoms with Gasteiger partial charge < -0.3 is 10.5 Å². The zero-order chi connectivity index (χ0) is 14.9. The molecule has 0 aliphatic heterocycles. The van der Waals surface area contributed by atoms with Crippen molar-refractivity contribution in [2.75, 3.05) is 7.11 Å². The van der Waals surface area contributed by atoms with Crippen LogP contribution in [0.25, 0.3) is 0 Å². The van der Waals surface area contributed by atoms with Crippen LogP contribution < -0.4 is 10.5 Å². The predicted molar refractivity (Wildman–Crippen MR) is 84.1 cm³/mol. The van der Waals surface area contributed by atoms with Gasteiger partial charge >= 0.3 is 0 Å². The quantitative estimate of drug-likeness (QED) is 0.927. The normalized spacial score (nSPS) is 12.8. The number of ether oxygens (including phenoxy) is 1. The van der Waals surface area contributed by atoms with E-state index in [1.807, 2.05) is 10.7 Å². The Morgan fingerprint density at radius 1 is 1.35 bits per heavy atom. The van der Waals surface area contributed by atoms with Gasteiger partial charge in [-0.1, -0.05) is 28.1 Å². The smallest absolute Gasteiger partial charge is 0.161 e. The van der Waals surface area contributed by atoms with Crippen LogP contribution in [0.4, 0.5) is 0 Å². The maximum absolute atomic E-state index is 6.46. The lowest BCUT2D eigenvalue weighted by atomic mass is 10.0. The summed E-state index contributed by atoms with van der Waals surface area (Å²) >= 11 is 3.59. The van der Waals surface area contributed by atoms with Crippen molar-refractivity contribution in [1.82, 2.24) is 9.78 Å². The molecule has 0 radical (unpaired) electrons. The van der Waals surface area contributed by atoms with Crippen LogP contribution in [0.15, 0.2) is 28.9 Å². The Labute approximate surface area is 128 Å². The predicted octanol–water partition coefficient (Wildman–Crippen LogP) is 3.59. The number of nitrogens with two attached hydrogens (primary N) is 1. The van der Waals surface area contributed by atoms with Gasteiger partial charge in [0, 0.05) is 10.5 Å². The van der Waals surface area contributed by atoms with Gasteiger partial charge in [-0.25, -0.2) is 0 Å². The monoisotopic (exact) mass is 337 g/mol. The van der Waals surface area contributed by atoms with E-state index >= 15 is 0 Å². The van der Waals surface area contributed by atoms with Crippen molar-refractivity contribution < 1.29 is 4.74 Å². The molecule has 0 fully saturated rings. The molecule has 1 atom stereocenters. The van der Waals surface area contributed by atoms with Crippen LogP contribution >= 0.6 is 15.9 Å². The van der Waals surface area contributed by atoms with Gasteiger partial charge in [-0.05, 0) is 38.0 Å². The molecule has 5 heteroatoms. The third-order valence-corrected chi connectivity index (χ3v) is 3.98. The van der Waals surface area contributed by atoms with Gasteiger partial charge in [0.1, 0.15) is 5.69 Å². The summed E-state index contributed by atoms with van der Waals surface area (Å²) in [6, 6.07) is 6.11. The summed E-state index contributed by atoms with van der Waals surface area (Å²) in [5.41, 5.74) is 9.57. The van der Waals surface area contributed by atoms with Crippen molar-refractivity contribution in [3.8, 4) is 5.75 Å². The zero-order valence-corrected chi connectivity index (χ0v) is 13.8. The van der Waals surface area contributed by atoms with E-state index in [0.717, 1.165) is 21.5 Å². The van der Waals surface area contributed by atoms with Crippen LogP contribution in [0.2, 0.25) is 0 Å². The van der Waals surface area contributed by atoms with E-state index in [1.165, 1.54) is 5.56 Å². The van der Waals surface area contributed by atoms with Gasteiger partial charge in [-0.15, -0.1) is 0 Å². The Kier molecular flexibility index (Phi) is 4.50. The third-order valence-electron chi connectivity index (χ3n) is 3.29. The highest BCUT2D eigenvalue weighted by atomic mass is 79.9. The van der Waals surface area contributed by atoms with Crippen LogP contribution in [0.1, 0.15) is 42.8 Å². The molecule has 20 heavy (non-hydrogen) atoms. The lowest BCUT2D eigenvalue weighted by molar-refractivity contribution is 0.401. The molecule has 0 bridgehead atoms. The lowest BCUT2D eigenvalue weighted by Gasteiger charge is -2.19. The third kappa shape index (κ3) is 2.74. The fraction of sp³-hybridized carbons (Fsp3) is 0.400. The van der Waals surface area contributed by atoms with Gasteiger partial charge in [-0.2, -0.15) is 5.10 Å². The highest BCUT2D eigenvalue weighted by Crippen LogP contribution is 2.33. The fourth-order valence-electron chi connectivity index (χ4n) is 2.25. The standard InChI is InChI=1S/C15H20BrN3O/c1-9(2)19-15(13(20-4)8-18-19)14(17)11-6-5-10(3)7-12(11)16/h5-9,14H,17H2,1-4H3. The largest absolute Gasteiger partial charge is 0.493 e. The zero-order valence-electron chi connectivity index (χ0n) is 12.2. The minimum atomic E-state index is -0.287. The Bertz CT molecular complexity index is 607. The summed E-state index contributed by atoms with van der Waals surface area (Å²) in [5, 5.41) is 4.38. The molecule has 1 heterocycles. The minimum Gasteiger partial charge on any atom is -0.493 e. The number of halogens is 1. The number of hydrogen-bond acceptors (Lipinski definition) is 3. The number of benzene rings is 1. The molecule has 2 N–H and O–H groups in total. The molecule has 108 valence electrons. The van der Waals surface area contributed by atoms with Gasteiger partial charge in [-0.3, -0.25) is 4.68 Å². The number of methoxy groups -OCH3 is 1. The van der Waals surface area contributed by atoms with Crippen LogP contribution in [0.5, 0.6) is 5.75 Å². The van der Waals surface area contributed by atoms with E-state index in [-0.39, 0.29) is 12.1 Å². The molecule has 2 aromatic rings. The van der Waals surface area contributed by atoms with Crippen LogP contribution in [-0.4, -0.2) is 16.9 Å². The Morgan fingerprint density at radius 2 is 2.05 bits per heavy atom. The maximum atomic E-state index is 6.46. The topological polar surface area (TPSA) is 53.1 Å². The Balaban J connectivity index is 2.52. The first-order valence-corrected chi connectivity index (χ1v) is 7.38. The van der Waals surface area contributed by atoms with E-state index in [0.29, 0.717) is 0 Å². The van der Waals surface area contributed by atoms with Crippen LogP contribution in [0.3, 0.4) is 0 Å². The van der Waals surface area contributed by atoms with Crippen molar-refractivity contribution in [3.63, 3.8) is 0 Å². The van der Waals surface area contributed by atoms with Crippen molar-refractivity contribution in [1.29, 1.82) is 0 Å². The highest BCUT2D eigenvalue weighted by molar-refractivity contribution is 9.10. The van der Waals surface area contributed by atoms with Crippen molar-refractivity contribution in [2.45, 2.75) is 32.9 Å². The second-order valence-electron chi connectivity index (χ2n) is 5.14. The minimum absolute atomic E-state index is 0.226. The van der Waals surface area contributed by atoms with Gasteiger partial charge in [0.25, 0.3) is 0 Å². The summed E-state index contributed by atoms with van der Waals surface area (Å²) in [6.07, 6.45) is 1.72. The molecular formula is C15H20BrN3O. The highest BCUT2D eigenvalue weighted by Gasteiger charge is 2.23. The number of aryl methyl sites for hydroxylation is 1. The first kappa shape index (κ1) is 15.1. The summed E-state index contributed by atoms with van der Waals surface area (Å²) in [6.45, 7) is 6.21. The van der Waals surface area contributed by atoms with Crippen molar-refractivity contribution >= 4 is 15.9 Å². The molecule has 4 nitrogen and oxygen atoms in total. The van der Waals surface area contributed by atoms with Crippen molar-refractivity contribution in [3.05, 3.63) is 45.7 Å². The summed E-state index contributed by atoms with van der Waals surface area (Å²) in [4.78, 5) is 0. The maximum Gasteiger partial charge on any atom is 0.161 e. The van der Waals surface area contributed by atoms with E-state index in [1.54, 1.807) is 13.3 Å². The molecule has 0 spiro atoms. The summed E-state index contributed by atoms with van der Waals surface area (Å²) in [7, 11) is 1.64. The first-order chi connectivity index (χ1) is 9.45. The molecule has 2 rings (SSSR count). The van der Waals surface area contributed by atoms with Gasteiger partial charge in [0.15, 0.2) is 5.75 Å². The van der Waals surface area contributed by atoms with Crippen LogP contribution in [-0.2, 0) is 0 Å². The summed E-state index contributed by atoms with van der Waals surface area (Å²) in [5.74, 6) is 0.721. The molecular weight excluding hydrogens is 318 g/mol. The molecule has 1 aromatic carbocycles. The SMILES string of the molecule is COc1cnn(C(C)C)c1C(N)c1ccc(C)cc1Br. The molecule has 0 saturated carbocycles. The second-order valence-corrected chi connectivity index (χ2v) is 5.99. The van der Waals surface area contributed by atoms with E-state index in [9.17, 15) is 0 Å². The summed E-state index contributed by atoms with van der Waals surface area (Å²) < 4.78 is 8.32. The van der Waals surface area contributed by atoms with E-state index in [4.69, 9.17) is 10.5 Å². The van der Waals surface area contributed by atoms with Crippen molar-refractivity contribution in [2.24, 2.45) is 5.73 Å². The number of hydrogen-bond donors (Lipinski definition) is 1. The average molecular weight is 338 g/mol. The number of rotatable bonds is 4. The molecule has 0 saturated heterocycles. The van der Waals surface area contributed by atoms with Gasteiger partial charge in [0.2, 0.25) is 0 Å². The first-order valence-electron chi connectivity index (χ1n) is 6.58. The average Bonchev–Trinajstić information content (AvgIpc) is 2.81.